The number of rotatable bonds is 14. The molecule has 2 saturated carbocycles. The average Bonchev–Trinajstić information content (AvgIpc) is 3.44. The fourth-order valence-corrected chi connectivity index (χ4v) is 10.6. The van der Waals surface area contributed by atoms with Crippen molar-refractivity contribution in [2.75, 3.05) is 26.7 Å². The van der Waals surface area contributed by atoms with Crippen LogP contribution in [0.15, 0.2) is 49.1 Å². The molecule has 1 spiro atoms. The number of piperidine rings is 1. The summed E-state index contributed by atoms with van der Waals surface area (Å²) >= 11 is 0. The molecule has 2 aromatic rings. The molecule has 1 saturated heterocycles. The molecule has 254 valence electrons. The molecular formula is C41H56N2O4. The Morgan fingerprint density at radius 2 is 1.94 bits per heavy atom. The van der Waals surface area contributed by atoms with Gasteiger partial charge in [0.2, 0.25) is 5.91 Å². The number of aromatic hydroxyl groups is 1. The van der Waals surface area contributed by atoms with E-state index in [9.17, 15) is 9.90 Å². The van der Waals surface area contributed by atoms with Crippen molar-refractivity contribution in [3.05, 3.63) is 65.7 Å². The first-order valence-corrected chi connectivity index (χ1v) is 18.8. The van der Waals surface area contributed by atoms with Crippen molar-refractivity contribution in [2.45, 2.75) is 126 Å². The molecule has 0 aromatic heterocycles. The maximum Gasteiger partial charge on any atom is 0.222 e. The SMILES string of the molecule is C=CCN1CC[C@]23c4c5c(O)cc(OC)c4O[C@H]2[C@H](N(CCCCc2ccccc2)C(=O)CCCCC2CCCCC2)CC[C@H]3[C@H]1C5. The van der Waals surface area contributed by atoms with Crippen molar-refractivity contribution in [3.63, 3.8) is 0 Å². The minimum absolute atomic E-state index is 0.0191. The van der Waals surface area contributed by atoms with Gasteiger partial charge in [0, 0.05) is 48.2 Å². The number of aryl methyl sites for hydroxylation is 1. The van der Waals surface area contributed by atoms with Crippen LogP contribution in [0.4, 0.5) is 0 Å². The number of carbonyl (C=O) groups excluding carboxylic acids is 1. The van der Waals surface area contributed by atoms with Crippen molar-refractivity contribution >= 4 is 5.91 Å². The lowest BCUT2D eigenvalue weighted by Crippen LogP contribution is -2.69. The Bertz CT molecular complexity index is 1400. The van der Waals surface area contributed by atoms with Crippen LogP contribution in [-0.4, -0.2) is 65.7 Å². The summed E-state index contributed by atoms with van der Waals surface area (Å²) < 4.78 is 12.9. The number of nitrogens with zero attached hydrogens (tertiary/aromatic N) is 2. The highest BCUT2D eigenvalue weighted by molar-refractivity contribution is 5.77. The van der Waals surface area contributed by atoms with E-state index in [-0.39, 0.29) is 17.6 Å². The zero-order valence-electron chi connectivity index (χ0n) is 28.6. The summed E-state index contributed by atoms with van der Waals surface area (Å²) in [5.74, 6) is 3.35. The third-order valence-corrected chi connectivity index (χ3v) is 12.7. The molecule has 2 aromatic carbocycles. The predicted molar refractivity (Wildman–Crippen MR) is 187 cm³/mol. The molecule has 6 nitrogen and oxygen atoms in total. The largest absolute Gasteiger partial charge is 0.508 e. The van der Waals surface area contributed by atoms with E-state index in [1.807, 2.05) is 6.08 Å². The molecule has 2 heterocycles. The maximum absolute atomic E-state index is 14.4. The molecule has 2 bridgehead atoms. The van der Waals surface area contributed by atoms with Crippen LogP contribution < -0.4 is 9.47 Å². The summed E-state index contributed by atoms with van der Waals surface area (Å²) in [6.07, 6.45) is 19.7. The van der Waals surface area contributed by atoms with Gasteiger partial charge in [-0.3, -0.25) is 9.69 Å². The highest BCUT2D eigenvalue weighted by atomic mass is 16.5. The molecule has 6 heteroatoms. The van der Waals surface area contributed by atoms with E-state index >= 15 is 0 Å². The van der Waals surface area contributed by atoms with Gasteiger partial charge in [0.15, 0.2) is 11.5 Å². The number of phenolic OH excluding ortho intramolecular Hbond substituents is 1. The summed E-state index contributed by atoms with van der Waals surface area (Å²) in [5, 5.41) is 11.3. The van der Waals surface area contributed by atoms with Gasteiger partial charge in [-0.2, -0.15) is 0 Å². The van der Waals surface area contributed by atoms with Gasteiger partial charge < -0.3 is 19.5 Å². The molecule has 5 aliphatic rings. The highest BCUT2D eigenvalue weighted by Gasteiger charge is 2.67. The van der Waals surface area contributed by atoms with Crippen molar-refractivity contribution in [1.82, 2.24) is 9.80 Å². The van der Waals surface area contributed by atoms with Crippen molar-refractivity contribution in [2.24, 2.45) is 11.8 Å². The number of carbonyl (C=O) groups is 1. The molecule has 1 N–H and O–H groups in total. The monoisotopic (exact) mass is 640 g/mol. The predicted octanol–water partition coefficient (Wildman–Crippen LogP) is 7.99. The zero-order valence-corrected chi connectivity index (χ0v) is 28.6. The van der Waals surface area contributed by atoms with Crippen molar-refractivity contribution in [3.8, 4) is 17.2 Å². The fraction of sp³-hybridized carbons (Fsp3) is 0.634. The lowest BCUT2D eigenvalue weighted by atomic mass is 9.50. The van der Waals surface area contributed by atoms with Gasteiger partial charge in [0.25, 0.3) is 0 Å². The van der Waals surface area contributed by atoms with E-state index in [0.29, 0.717) is 35.8 Å². The fourth-order valence-electron chi connectivity index (χ4n) is 10.6. The summed E-state index contributed by atoms with van der Waals surface area (Å²) in [6.45, 7) is 6.67. The Labute approximate surface area is 282 Å². The maximum atomic E-state index is 14.4. The lowest BCUT2D eigenvalue weighted by molar-refractivity contribution is -0.142. The molecule has 5 atom stereocenters. The molecule has 1 amide bonds. The second-order valence-corrected chi connectivity index (χ2v) is 15.2. The summed E-state index contributed by atoms with van der Waals surface area (Å²) in [7, 11) is 1.67. The van der Waals surface area contributed by atoms with Gasteiger partial charge in [0.05, 0.1) is 13.2 Å². The Kier molecular flexibility index (Phi) is 9.86. The van der Waals surface area contributed by atoms with Gasteiger partial charge in [-0.05, 0) is 75.3 Å². The lowest BCUT2D eigenvalue weighted by Gasteiger charge is -2.60. The Hall–Kier alpha value is -2.99. The van der Waals surface area contributed by atoms with Crippen LogP contribution in [0, 0.1) is 11.8 Å². The van der Waals surface area contributed by atoms with E-state index in [1.54, 1.807) is 13.2 Å². The van der Waals surface area contributed by atoms with Crippen molar-refractivity contribution in [1.29, 1.82) is 0 Å². The average molecular weight is 641 g/mol. The van der Waals surface area contributed by atoms with Gasteiger partial charge in [-0.1, -0.05) is 81.4 Å². The number of phenols is 1. The molecule has 3 aliphatic carbocycles. The minimum atomic E-state index is -0.219. The van der Waals surface area contributed by atoms with Crippen molar-refractivity contribution < 1.29 is 19.4 Å². The van der Waals surface area contributed by atoms with E-state index in [1.165, 1.54) is 49.7 Å². The van der Waals surface area contributed by atoms with E-state index in [0.717, 1.165) is 94.7 Å². The van der Waals surface area contributed by atoms with Gasteiger partial charge in [0.1, 0.15) is 11.9 Å². The molecule has 0 radical (unpaired) electrons. The second kappa shape index (κ2) is 14.2. The zero-order chi connectivity index (χ0) is 32.4. The van der Waals surface area contributed by atoms with Crippen LogP contribution in [-0.2, 0) is 23.1 Å². The van der Waals surface area contributed by atoms with E-state index < -0.39 is 0 Å². The molecule has 3 fully saturated rings. The number of likely N-dealkylation sites (tertiary alicyclic amines) is 1. The molecular weight excluding hydrogens is 584 g/mol. The van der Waals surface area contributed by atoms with Crippen LogP contribution in [0.25, 0.3) is 0 Å². The molecule has 47 heavy (non-hydrogen) atoms. The summed E-state index contributed by atoms with van der Waals surface area (Å²) in [6, 6.07) is 12.8. The molecule has 2 aliphatic heterocycles. The number of benzene rings is 2. The van der Waals surface area contributed by atoms with Crippen LogP contribution in [0.3, 0.4) is 0 Å². The Balaban J connectivity index is 1.15. The van der Waals surface area contributed by atoms with Crippen LogP contribution in [0.2, 0.25) is 0 Å². The first-order valence-electron chi connectivity index (χ1n) is 18.8. The normalized spacial score (nSPS) is 27.9. The third-order valence-electron chi connectivity index (χ3n) is 12.7. The smallest absolute Gasteiger partial charge is 0.222 e. The Morgan fingerprint density at radius 1 is 1.11 bits per heavy atom. The van der Waals surface area contributed by atoms with Crippen LogP contribution in [0.5, 0.6) is 17.2 Å². The topological polar surface area (TPSA) is 62.2 Å². The van der Waals surface area contributed by atoms with Gasteiger partial charge in [-0.15, -0.1) is 6.58 Å². The van der Waals surface area contributed by atoms with Gasteiger partial charge in [-0.25, -0.2) is 0 Å². The first kappa shape index (κ1) is 32.6. The Morgan fingerprint density at radius 3 is 2.72 bits per heavy atom. The number of hydrogen-bond donors (Lipinski definition) is 1. The van der Waals surface area contributed by atoms with E-state index in [2.05, 4.69) is 46.7 Å². The minimum Gasteiger partial charge on any atom is -0.508 e. The van der Waals surface area contributed by atoms with Gasteiger partial charge >= 0.3 is 0 Å². The summed E-state index contributed by atoms with van der Waals surface area (Å²) in [5.41, 5.74) is 3.36. The number of methoxy groups -OCH3 is 1. The number of amides is 1. The quantitative estimate of drug-likeness (QED) is 0.168. The highest BCUT2D eigenvalue weighted by Crippen LogP contribution is 2.65. The van der Waals surface area contributed by atoms with Crippen LogP contribution >= 0.6 is 0 Å². The number of unbranched alkanes of at least 4 members (excludes halogenated alkanes) is 2. The molecule has 0 unspecified atom stereocenters. The van der Waals surface area contributed by atoms with Crippen LogP contribution in [0.1, 0.15) is 107 Å². The first-order chi connectivity index (χ1) is 23.0. The number of hydrogen-bond acceptors (Lipinski definition) is 5. The standard InChI is InChI=1S/C41H56N2O4/c1-3-24-42-26-23-41-32-21-22-33(40(41)47-39-36(46-2)28-35(44)31(38(39)41)27-34(32)42)43(25-13-12-19-30-16-8-5-9-17-30)37(45)20-11-10-18-29-14-6-4-7-15-29/h3,5,8-9,16-17,28-29,32-34,40,44H,1,4,6-7,10-15,18-27H2,2H3/t32-,33+,34+,40-,41-/m0/s1. The summed E-state index contributed by atoms with van der Waals surface area (Å²) in [4.78, 5) is 19.2. The number of ether oxygens (including phenoxy) is 2. The third kappa shape index (κ3) is 6.09. The molecule has 7 rings (SSSR count). The van der Waals surface area contributed by atoms with E-state index in [4.69, 9.17) is 9.47 Å². The second-order valence-electron chi connectivity index (χ2n) is 15.2.